The van der Waals surface area contributed by atoms with E-state index in [1.807, 2.05) is 24.3 Å². The number of benzene rings is 1. The van der Waals surface area contributed by atoms with Crippen LogP contribution in [-0.4, -0.2) is 30.5 Å². The Morgan fingerprint density at radius 2 is 2.17 bits per heavy atom. The van der Waals surface area contributed by atoms with Crippen molar-refractivity contribution in [3.8, 4) is 17.7 Å². The maximum absolute atomic E-state index is 12.9. The number of hydrogen-bond donors (Lipinski definition) is 1. The van der Waals surface area contributed by atoms with Crippen molar-refractivity contribution >= 4 is 17.4 Å². The lowest BCUT2D eigenvalue weighted by atomic mass is 9.82. The van der Waals surface area contributed by atoms with Crippen LogP contribution in [0.5, 0.6) is 5.88 Å². The first kappa shape index (κ1) is 21.1. The number of allylic oxidation sites excluding steroid dienone is 1. The number of Topliss-reactive ketones (excluding diaryl/α,β-unsaturated/α-hetero) is 1. The zero-order valence-electron chi connectivity index (χ0n) is 17.0. The van der Waals surface area contributed by atoms with Gasteiger partial charge < -0.3 is 10.1 Å². The second-order valence-electron chi connectivity index (χ2n) is 7.76. The van der Waals surface area contributed by atoms with Crippen LogP contribution in [0.1, 0.15) is 42.6 Å². The Labute approximate surface area is 177 Å². The zero-order chi connectivity index (χ0) is 20.9. The molecule has 1 saturated heterocycles. The van der Waals surface area contributed by atoms with Crippen LogP contribution < -0.4 is 10.1 Å². The molecule has 1 unspecified atom stereocenters. The van der Waals surface area contributed by atoms with Gasteiger partial charge in [0.1, 0.15) is 0 Å². The first-order valence-electron chi connectivity index (χ1n) is 9.63. The van der Waals surface area contributed by atoms with E-state index in [0.717, 1.165) is 18.4 Å². The number of aromatic nitrogens is 1. The van der Waals surface area contributed by atoms with Crippen molar-refractivity contribution in [1.29, 1.82) is 0 Å². The van der Waals surface area contributed by atoms with E-state index in [0.29, 0.717) is 23.0 Å². The maximum Gasteiger partial charge on any atom is 0.212 e. The van der Waals surface area contributed by atoms with Gasteiger partial charge in [0, 0.05) is 35.0 Å². The molecular formula is C24H25ClN2O2. The minimum Gasteiger partial charge on any atom is -0.481 e. The van der Waals surface area contributed by atoms with Gasteiger partial charge in [0.2, 0.25) is 5.88 Å². The van der Waals surface area contributed by atoms with Crippen LogP contribution in [0.4, 0.5) is 0 Å². The molecule has 0 bridgehead atoms. The molecule has 1 aliphatic heterocycles. The number of nitrogens with one attached hydrogen (secondary N) is 1. The van der Waals surface area contributed by atoms with Crippen LogP contribution in [-0.2, 0) is 0 Å². The van der Waals surface area contributed by atoms with Crippen molar-refractivity contribution in [2.45, 2.75) is 32.7 Å². The third-order valence-electron chi connectivity index (χ3n) is 5.20. The summed E-state index contributed by atoms with van der Waals surface area (Å²) in [6.07, 6.45) is 5.22. The van der Waals surface area contributed by atoms with Gasteiger partial charge in [0.25, 0.3) is 0 Å². The van der Waals surface area contributed by atoms with Gasteiger partial charge in [-0.05, 0) is 42.5 Å². The van der Waals surface area contributed by atoms with Crippen molar-refractivity contribution < 1.29 is 9.53 Å². The second-order valence-corrected chi connectivity index (χ2v) is 8.20. The van der Waals surface area contributed by atoms with Crippen LogP contribution in [0.3, 0.4) is 0 Å². The standard InChI is InChI=1S/C24H25ClN2O2/c1-24(2)16-27-21(23(28)18-7-5-9-20(25)14-18)12-11-19(24)8-4-6-17-10-13-22(29-3)26-15-17/h5,7-10,13-15,21,27H,11-12,16H2,1-3H3/b19-8+. The normalized spacial score (nSPS) is 19.7. The maximum atomic E-state index is 12.9. The van der Waals surface area contributed by atoms with Crippen molar-refractivity contribution in [2.75, 3.05) is 13.7 Å². The number of methoxy groups -OCH3 is 1. The fourth-order valence-corrected chi connectivity index (χ4v) is 3.54. The Balaban J connectivity index is 1.73. The molecule has 4 nitrogen and oxygen atoms in total. The van der Waals surface area contributed by atoms with E-state index in [1.54, 1.807) is 31.5 Å². The van der Waals surface area contributed by atoms with Crippen molar-refractivity contribution in [1.82, 2.24) is 10.3 Å². The highest BCUT2D eigenvalue weighted by Gasteiger charge is 2.31. The van der Waals surface area contributed by atoms with Crippen LogP contribution in [0.25, 0.3) is 0 Å². The molecule has 5 heteroatoms. The lowest BCUT2D eigenvalue weighted by molar-refractivity contribution is 0.0939. The number of rotatable bonds is 3. The molecule has 1 N–H and O–H groups in total. The Bertz CT molecular complexity index is 968. The molecule has 1 aromatic heterocycles. The van der Waals surface area contributed by atoms with Crippen molar-refractivity contribution in [3.63, 3.8) is 0 Å². The van der Waals surface area contributed by atoms with E-state index in [9.17, 15) is 4.79 Å². The molecule has 1 aromatic carbocycles. The summed E-state index contributed by atoms with van der Waals surface area (Å²) in [5, 5.41) is 4.01. The molecule has 0 spiro atoms. The highest BCUT2D eigenvalue weighted by atomic mass is 35.5. The van der Waals surface area contributed by atoms with Crippen molar-refractivity contribution in [3.05, 3.63) is 70.4 Å². The topological polar surface area (TPSA) is 51.2 Å². The number of pyridine rings is 1. The summed E-state index contributed by atoms with van der Waals surface area (Å²) in [5.41, 5.74) is 2.63. The quantitative estimate of drug-likeness (QED) is 0.591. The number of hydrogen-bond acceptors (Lipinski definition) is 4. The SMILES string of the molecule is COc1ccc(C#C/C=C2\CCC(C(=O)c3cccc(Cl)c3)NCC2(C)C)cn1. The van der Waals surface area contributed by atoms with Gasteiger partial charge in [-0.25, -0.2) is 4.98 Å². The van der Waals surface area contributed by atoms with E-state index in [1.165, 1.54) is 5.57 Å². The highest BCUT2D eigenvalue weighted by molar-refractivity contribution is 6.31. The predicted octanol–water partition coefficient (Wildman–Crippen LogP) is 4.68. The molecule has 29 heavy (non-hydrogen) atoms. The summed E-state index contributed by atoms with van der Waals surface area (Å²) in [4.78, 5) is 17.1. The number of ketones is 1. The number of nitrogens with zero attached hydrogens (tertiary/aromatic N) is 1. The number of carbonyl (C=O) groups excluding carboxylic acids is 1. The van der Waals surface area contributed by atoms with Gasteiger partial charge >= 0.3 is 0 Å². The first-order valence-corrected chi connectivity index (χ1v) is 10.0. The minimum absolute atomic E-state index is 0.0833. The highest BCUT2D eigenvalue weighted by Crippen LogP contribution is 2.32. The monoisotopic (exact) mass is 408 g/mol. The molecule has 1 fully saturated rings. The lowest BCUT2D eigenvalue weighted by Crippen LogP contribution is -2.39. The molecule has 0 saturated carbocycles. The van der Waals surface area contributed by atoms with E-state index < -0.39 is 0 Å². The van der Waals surface area contributed by atoms with Gasteiger partial charge in [-0.3, -0.25) is 4.79 Å². The summed E-state index contributed by atoms with van der Waals surface area (Å²) in [5.74, 6) is 6.93. The second kappa shape index (κ2) is 9.26. The molecule has 0 amide bonds. The molecular weight excluding hydrogens is 384 g/mol. The van der Waals surface area contributed by atoms with Crippen LogP contribution in [0, 0.1) is 17.3 Å². The molecule has 3 rings (SSSR count). The van der Waals surface area contributed by atoms with Gasteiger partial charge in [0.05, 0.1) is 13.2 Å². The largest absolute Gasteiger partial charge is 0.481 e. The number of ether oxygens (including phenoxy) is 1. The summed E-state index contributed by atoms with van der Waals surface area (Å²) in [6, 6.07) is 10.6. The molecule has 0 radical (unpaired) electrons. The Kier molecular flexibility index (Phi) is 6.74. The van der Waals surface area contributed by atoms with Gasteiger partial charge in [-0.1, -0.05) is 55.0 Å². The Hall–Kier alpha value is -2.61. The number of carbonyl (C=O) groups is 1. The summed E-state index contributed by atoms with van der Waals surface area (Å²) < 4.78 is 5.06. The zero-order valence-corrected chi connectivity index (χ0v) is 17.7. The van der Waals surface area contributed by atoms with E-state index in [-0.39, 0.29) is 17.2 Å². The summed E-state index contributed by atoms with van der Waals surface area (Å²) in [6.45, 7) is 5.06. The molecule has 2 heterocycles. The van der Waals surface area contributed by atoms with E-state index in [4.69, 9.17) is 16.3 Å². The van der Waals surface area contributed by atoms with Crippen LogP contribution in [0.2, 0.25) is 5.02 Å². The molecule has 150 valence electrons. The fourth-order valence-electron chi connectivity index (χ4n) is 3.35. The molecule has 1 aliphatic rings. The minimum atomic E-state index is -0.225. The number of halogens is 1. The van der Waals surface area contributed by atoms with Gasteiger partial charge in [0.15, 0.2) is 5.78 Å². The van der Waals surface area contributed by atoms with Crippen LogP contribution in [0.15, 0.2) is 54.2 Å². The predicted molar refractivity (Wildman–Crippen MR) is 116 cm³/mol. The summed E-state index contributed by atoms with van der Waals surface area (Å²) in [7, 11) is 1.59. The van der Waals surface area contributed by atoms with Gasteiger partial charge in [-0.15, -0.1) is 0 Å². The van der Waals surface area contributed by atoms with Crippen LogP contribution >= 0.6 is 11.6 Å². The lowest BCUT2D eigenvalue weighted by Gasteiger charge is -2.25. The average Bonchev–Trinajstić information content (AvgIpc) is 2.86. The Morgan fingerprint density at radius 3 is 2.86 bits per heavy atom. The van der Waals surface area contributed by atoms with E-state index in [2.05, 4.69) is 36.0 Å². The summed E-state index contributed by atoms with van der Waals surface area (Å²) >= 11 is 6.04. The van der Waals surface area contributed by atoms with Gasteiger partial charge in [-0.2, -0.15) is 0 Å². The fraction of sp³-hybridized carbons (Fsp3) is 0.333. The third-order valence-corrected chi connectivity index (χ3v) is 5.43. The van der Waals surface area contributed by atoms with Crippen molar-refractivity contribution in [2.24, 2.45) is 5.41 Å². The first-order chi connectivity index (χ1) is 13.9. The molecule has 1 atom stereocenters. The smallest absolute Gasteiger partial charge is 0.212 e. The average molecular weight is 409 g/mol. The molecule has 0 aliphatic carbocycles. The molecule has 2 aromatic rings. The van der Waals surface area contributed by atoms with E-state index >= 15 is 0 Å². The Morgan fingerprint density at radius 1 is 1.34 bits per heavy atom. The third kappa shape index (κ3) is 5.47.